The van der Waals surface area contributed by atoms with Gasteiger partial charge in [0.25, 0.3) is 0 Å². The van der Waals surface area contributed by atoms with E-state index in [-0.39, 0.29) is 18.2 Å². The third kappa shape index (κ3) is 4.97. The van der Waals surface area contributed by atoms with Crippen LogP contribution in [0.25, 0.3) is 0 Å². The van der Waals surface area contributed by atoms with Crippen LogP contribution >= 0.6 is 0 Å². The Hall–Kier alpha value is -2.57. The molecule has 1 aromatic rings. The van der Waals surface area contributed by atoms with Crippen molar-refractivity contribution in [3.05, 3.63) is 24.3 Å². The second-order valence-corrected chi connectivity index (χ2v) is 4.10. The van der Waals surface area contributed by atoms with Crippen LogP contribution < -0.4 is 10.1 Å². The molecule has 20 heavy (non-hydrogen) atoms. The molecular weight excluding hydrogens is 264 g/mol. The number of para-hydroxylation sites is 2. The summed E-state index contributed by atoms with van der Waals surface area (Å²) in [6, 6.07) is 6.47. The van der Waals surface area contributed by atoms with E-state index < -0.39 is 18.5 Å². The largest absolute Gasteiger partial charge is 0.480 e. The maximum Gasteiger partial charge on any atom is 0.341 e. The number of carboxylic acids is 1. The van der Waals surface area contributed by atoms with Crippen molar-refractivity contribution in [2.45, 2.75) is 6.92 Å². The van der Waals surface area contributed by atoms with Crippen LogP contribution in [0.4, 0.5) is 5.69 Å². The van der Waals surface area contributed by atoms with Crippen molar-refractivity contribution in [1.82, 2.24) is 4.90 Å². The average Bonchev–Trinajstić information content (AvgIpc) is 2.37. The van der Waals surface area contributed by atoms with E-state index in [0.717, 1.165) is 0 Å². The highest BCUT2D eigenvalue weighted by Crippen LogP contribution is 2.23. The second kappa shape index (κ2) is 7.13. The lowest BCUT2D eigenvalue weighted by Gasteiger charge is -2.15. The molecule has 0 fully saturated rings. The zero-order chi connectivity index (χ0) is 15.1. The number of ether oxygens (including phenoxy) is 1. The molecule has 0 aliphatic heterocycles. The lowest BCUT2D eigenvalue weighted by atomic mass is 10.3. The fourth-order valence-electron chi connectivity index (χ4n) is 1.35. The molecule has 0 aliphatic rings. The van der Waals surface area contributed by atoms with Crippen molar-refractivity contribution in [3.8, 4) is 5.75 Å². The number of rotatable bonds is 6. The summed E-state index contributed by atoms with van der Waals surface area (Å²) in [6.07, 6.45) is 0. The van der Waals surface area contributed by atoms with Gasteiger partial charge in [0.1, 0.15) is 5.75 Å². The maximum absolute atomic E-state index is 11.7. The van der Waals surface area contributed by atoms with Crippen molar-refractivity contribution < 1.29 is 24.2 Å². The van der Waals surface area contributed by atoms with Crippen LogP contribution in [0.3, 0.4) is 0 Å². The number of carbonyl (C=O) groups is 3. The molecule has 0 saturated carbocycles. The van der Waals surface area contributed by atoms with Crippen LogP contribution in [-0.2, 0) is 14.4 Å². The average molecular weight is 280 g/mol. The second-order valence-electron chi connectivity index (χ2n) is 4.10. The molecular formula is C13H16N2O5. The summed E-state index contributed by atoms with van der Waals surface area (Å²) >= 11 is 0. The van der Waals surface area contributed by atoms with E-state index in [4.69, 9.17) is 9.84 Å². The van der Waals surface area contributed by atoms with Gasteiger partial charge in [-0.2, -0.15) is 0 Å². The van der Waals surface area contributed by atoms with E-state index in [1.165, 1.54) is 18.9 Å². The van der Waals surface area contributed by atoms with Crippen LogP contribution in [0, 0.1) is 0 Å². The number of nitrogens with one attached hydrogen (secondary N) is 1. The number of anilines is 1. The molecule has 108 valence electrons. The van der Waals surface area contributed by atoms with Gasteiger partial charge >= 0.3 is 5.97 Å². The third-order valence-electron chi connectivity index (χ3n) is 2.43. The Morgan fingerprint density at radius 1 is 1.30 bits per heavy atom. The predicted molar refractivity (Wildman–Crippen MR) is 71.5 cm³/mol. The standard InChI is InChI=1S/C13H16N2O5/c1-9(16)15(2)7-12(17)14-10-5-3-4-6-11(10)20-8-13(18)19/h3-6H,7-8H2,1-2H3,(H,14,17)(H,18,19). The first-order chi connectivity index (χ1) is 9.40. The first-order valence-electron chi connectivity index (χ1n) is 5.85. The quantitative estimate of drug-likeness (QED) is 0.794. The first kappa shape index (κ1) is 15.5. The van der Waals surface area contributed by atoms with E-state index >= 15 is 0 Å². The number of hydrogen-bond acceptors (Lipinski definition) is 4. The Bertz CT molecular complexity index is 515. The molecule has 2 N–H and O–H groups in total. The Morgan fingerprint density at radius 2 is 1.95 bits per heavy atom. The number of aliphatic carboxylic acids is 1. The van der Waals surface area contributed by atoms with E-state index in [0.29, 0.717) is 5.69 Å². The summed E-state index contributed by atoms with van der Waals surface area (Å²) in [6.45, 7) is 0.764. The minimum atomic E-state index is -1.11. The highest BCUT2D eigenvalue weighted by molar-refractivity contribution is 5.95. The summed E-state index contributed by atoms with van der Waals surface area (Å²) < 4.78 is 5.06. The van der Waals surface area contributed by atoms with E-state index in [2.05, 4.69) is 5.32 Å². The monoisotopic (exact) mass is 280 g/mol. The number of likely N-dealkylation sites (N-methyl/N-ethyl adjacent to an activating group) is 1. The molecule has 0 atom stereocenters. The molecule has 0 unspecified atom stereocenters. The highest BCUT2D eigenvalue weighted by Gasteiger charge is 2.12. The summed E-state index contributed by atoms with van der Waals surface area (Å²) in [5.41, 5.74) is 0.357. The van der Waals surface area contributed by atoms with Gasteiger partial charge in [-0.3, -0.25) is 9.59 Å². The molecule has 0 bridgehead atoms. The number of hydrogen-bond donors (Lipinski definition) is 2. The fraction of sp³-hybridized carbons (Fsp3) is 0.308. The summed E-state index contributed by atoms with van der Waals surface area (Å²) in [5, 5.41) is 11.1. The summed E-state index contributed by atoms with van der Waals surface area (Å²) in [7, 11) is 1.51. The molecule has 0 radical (unpaired) electrons. The molecule has 2 amide bonds. The Labute approximate surface area is 116 Å². The van der Waals surface area contributed by atoms with E-state index in [1.807, 2.05) is 0 Å². The minimum Gasteiger partial charge on any atom is -0.480 e. The van der Waals surface area contributed by atoms with Gasteiger partial charge in [-0.05, 0) is 12.1 Å². The van der Waals surface area contributed by atoms with Gasteiger partial charge in [-0.25, -0.2) is 4.79 Å². The molecule has 1 rings (SSSR count). The van der Waals surface area contributed by atoms with Crippen LogP contribution in [0.2, 0.25) is 0 Å². The molecule has 7 nitrogen and oxygen atoms in total. The fourth-order valence-corrected chi connectivity index (χ4v) is 1.35. The smallest absolute Gasteiger partial charge is 0.341 e. The topological polar surface area (TPSA) is 95.9 Å². The summed E-state index contributed by atoms with van der Waals surface area (Å²) in [5.74, 6) is -1.47. The first-order valence-corrected chi connectivity index (χ1v) is 5.85. The van der Waals surface area contributed by atoms with Gasteiger partial charge < -0.3 is 20.1 Å². The normalized spacial score (nSPS) is 9.70. The van der Waals surface area contributed by atoms with Crippen LogP contribution in [-0.4, -0.2) is 48.0 Å². The van der Waals surface area contributed by atoms with Crippen molar-refractivity contribution in [1.29, 1.82) is 0 Å². The molecule has 0 spiro atoms. The Morgan fingerprint density at radius 3 is 2.55 bits per heavy atom. The van der Waals surface area contributed by atoms with Crippen LogP contribution in [0.15, 0.2) is 24.3 Å². The van der Waals surface area contributed by atoms with E-state index in [9.17, 15) is 14.4 Å². The summed E-state index contributed by atoms with van der Waals surface area (Å²) in [4.78, 5) is 34.5. The zero-order valence-corrected chi connectivity index (χ0v) is 11.3. The van der Waals surface area contributed by atoms with Gasteiger partial charge in [0.15, 0.2) is 6.61 Å². The number of carboxylic acid groups (broad SMARTS) is 1. The highest BCUT2D eigenvalue weighted by atomic mass is 16.5. The number of benzene rings is 1. The Balaban J connectivity index is 2.69. The van der Waals surface area contributed by atoms with E-state index in [1.54, 1.807) is 24.3 Å². The zero-order valence-electron chi connectivity index (χ0n) is 11.3. The van der Waals surface area contributed by atoms with Gasteiger partial charge in [-0.15, -0.1) is 0 Å². The molecule has 0 saturated heterocycles. The molecule has 0 aliphatic carbocycles. The van der Waals surface area contributed by atoms with Crippen molar-refractivity contribution in [2.24, 2.45) is 0 Å². The van der Waals surface area contributed by atoms with Gasteiger partial charge in [0, 0.05) is 14.0 Å². The molecule has 0 aromatic heterocycles. The van der Waals surface area contributed by atoms with Crippen LogP contribution in [0.1, 0.15) is 6.92 Å². The van der Waals surface area contributed by atoms with Gasteiger partial charge in [-0.1, -0.05) is 12.1 Å². The molecule has 0 heterocycles. The minimum absolute atomic E-state index is 0.0946. The predicted octanol–water partition coefficient (Wildman–Crippen LogP) is 0.567. The lowest BCUT2D eigenvalue weighted by molar-refractivity contribution is -0.139. The SMILES string of the molecule is CC(=O)N(C)CC(=O)Nc1ccccc1OCC(=O)O. The maximum atomic E-state index is 11.7. The number of carbonyl (C=O) groups excluding carboxylic acids is 2. The molecule has 1 aromatic carbocycles. The van der Waals surface area contributed by atoms with Crippen LogP contribution in [0.5, 0.6) is 5.75 Å². The lowest BCUT2D eigenvalue weighted by Crippen LogP contribution is -2.33. The number of nitrogens with zero attached hydrogens (tertiary/aromatic N) is 1. The van der Waals surface area contributed by atoms with Crippen molar-refractivity contribution in [3.63, 3.8) is 0 Å². The molecule has 7 heteroatoms. The van der Waals surface area contributed by atoms with Gasteiger partial charge in [0.2, 0.25) is 11.8 Å². The third-order valence-corrected chi connectivity index (χ3v) is 2.43. The number of amides is 2. The van der Waals surface area contributed by atoms with Crippen molar-refractivity contribution >= 4 is 23.5 Å². The van der Waals surface area contributed by atoms with Gasteiger partial charge in [0.05, 0.1) is 12.2 Å². The van der Waals surface area contributed by atoms with Crippen molar-refractivity contribution in [2.75, 3.05) is 25.5 Å². The Kier molecular flexibility index (Phi) is 5.52.